The van der Waals surface area contributed by atoms with Gasteiger partial charge in [-0.3, -0.25) is 4.98 Å². The summed E-state index contributed by atoms with van der Waals surface area (Å²) in [6.07, 6.45) is 0. The highest BCUT2D eigenvalue weighted by Crippen LogP contribution is 2.18. The van der Waals surface area contributed by atoms with Crippen LogP contribution in [-0.2, 0) is 6.54 Å². The highest BCUT2D eigenvalue weighted by molar-refractivity contribution is 5.82. The molecule has 0 radical (unpaired) electrons. The zero-order valence-electron chi connectivity index (χ0n) is 13.6. The van der Waals surface area contributed by atoms with Crippen molar-refractivity contribution >= 4 is 10.9 Å². The van der Waals surface area contributed by atoms with Crippen molar-refractivity contribution in [3.05, 3.63) is 41.6 Å². The average molecular weight is 285 g/mol. The van der Waals surface area contributed by atoms with Gasteiger partial charge in [-0.25, -0.2) is 0 Å². The quantitative estimate of drug-likeness (QED) is 0.820. The van der Waals surface area contributed by atoms with Gasteiger partial charge >= 0.3 is 0 Å². The molecule has 0 spiro atoms. The molecule has 1 aromatic carbocycles. The number of para-hydroxylation sites is 1. The maximum atomic E-state index is 4.59. The Morgan fingerprint density at radius 1 is 1.10 bits per heavy atom. The van der Waals surface area contributed by atoms with Gasteiger partial charge in [-0.2, -0.15) is 0 Å². The summed E-state index contributed by atoms with van der Waals surface area (Å²) in [5, 5.41) is 8.34. The van der Waals surface area contributed by atoms with E-state index in [1.165, 1.54) is 10.9 Å². The van der Waals surface area contributed by atoms with Crippen molar-refractivity contribution in [2.75, 3.05) is 13.1 Å². The Hall–Kier alpha value is -1.45. The van der Waals surface area contributed by atoms with E-state index in [9.17, 15) is 0 Å². The van der Waals surface area contributed by atoms with Crippen molar-refractivity contribution in [3.63, 3.8) is 0 Å². The third-order valence-electron chi connectivity index (χ3n) is 3.57. The second-order valence-corrected chi connectivity index (χ2v) is 6.27. The van der Waals surface area contributed by atoms with E-state index >= 15 is 0 Å². The normalized spacial score (nSPS) is 13.0. The first-order chi connectivity index (χ1) is 10.1. The molecule has 1 heterocycles. The first-order valence-electron chi connectivity index (χ1n) is 7.85. The molecular weight excluding hydrogens is 258 g/mol. The third-order valence-corrected chi connectivity index (χ3v) is 3.57. The van der Waals surface area contributed by atoms with Crippen LogP contribution in [0.4, 0.5) is 0 Å². The number of pyridine rings is 1. The Morgan fingerprint density at radius 2 is 1.86 bits per heavy atom. The Morgan fingerprint density at radius 3 is 2.62 bits per heavy atom. The number of nitrogens with zero attached hydrogens (tertiary/aromatic N) is 1. The van der Waals surface area contributed by atoms with Crippen molar-refractivity contribution in [1.82, 2.24) is 15.6 Å². The van der Waals surface area contributed by atoms with Crippen LogP contribution < -0.4 is 10.6 Å². The van der Waals surface area contributed by atoms with Gasteiger partial charge in [-0.05, 0) is 44.0 Å². The van der Waals surface area contributed by atoms with Gasteiger partial charge in [0.1, 0.15) is 0 Å². The lowest BCUT2D eigenvalue weighted by Crippen LogP contribution is -2.37. The Balaban J connectivity index is 1.97. The minimum atomic E-state index is 0.455. The molecule has 3 nitrogen and oxygen atoms in total. The molecule has 1 atom stereocenters. The van der Waals surface area contributed by atoms with Crippen LogP contribution in [-0.4, -0.2) is 24.1 Å². The zero-order chi connectivity index (χ0) is 15.2. The van der Waals surface area contributed by atoms with Crippen LogP contribution in [0.3, 0.4) is 0 Å². The maximum absolute atomic E-state index is 4.59. The Bertz CT molecular complexity index is 578. The summed E-state index contributed by atoms with van der Waals surface area (Å²) in [7, 11) is 0. The van der Waals surface area contributed by atoms with Gasteiger partial charge in [-0.1, -0.05) is 32.0 Å². The fraction of sp³-hybridized carbons (Fsp3) is 0.500. The summed E-state index contributed by atoms with van der Waals surface area (Å²) in [6.45, 7) is 11.7. The highest BCUT2D eigenvalue weighted by atomic mass is 15.0. The lowest BCUT2D eigenvalue weighted by molar-refractivity contribution is 0.472. The van der Waals surface area contributed by atoms with Crippen molar-refractivity contribution in [1.29, 1.82) is 0 Å². The van der Waals surface area contributed by atoms with E-state index in [4.69, 9.17) is 0 Å². The SMILES string of the molecule is Cc1cc(CNC(C)CNCC(C)C)c2ccccc2n1. The van der Waals surface area contributed by atoms with Crippen LogP contribution in [0.15, 0.2) is 30.3 Å². The second kappa shape index (κ2) is 7.53. The molecule has 2 aromatic rings. The highest BCUT2D eigenvalue weighted by Gasteiger charge is 2.06. The maximum Gasteiger partial charge on any atom is 0.0708 e. The van der Waals surface area contributed by atoms with Gasteiger partial charge in [0, 0.05) is 30.2 Å². The monoisotopic (exact) mass is 285 g/mol. The molecular formula is C18H27N3. The van der Waals surface area contributed by atoms with E-state index < -0.39 is 0 Å². The molecule has 0 saturated heterocycles. The number of fused-ring (bicyclic) bond motifs is 1. The van der Waals surface area contributed by atoms with E-state index in [1.807, 2.05) is 6.07 Å². The van der Waals surface area contributed by atoms with Crippen molar-refractivity contribution in [2.45, 2.75) is 40.3 Å². The predicted molar refractivity (Wildman–Crippen MR) is 90.5 cm³/mol. The second-order valence-electron chi connectivity index (χ2n) is 6.27. The molecule has 114 valence electrons. The molecule has 0 aliphatic carbocycles. The smallest absolute Gasteiger partial charge is 0.0708 e. The number of nitrogens with one attached hydrogen (secondary N) is 2. The topological polar surface area (TPSA) is 37.0 Å². The molecule has 1 aromatic heterocycles. The van der Waals surface area contributed by atoms with Gasteiger partial charge in [0.2, 0.25) is 0 Å². The van der Waals surface area contributed by atoms with Crippen molar-refractivity contribution in [2.24, 2.45) is 5.92 Å². The fourth-order valence-electron chi connectivity index (χ4n) is 2.49. The van der Waals surface area contributed by atoms with E-state index in [-0.39, 0.29) is 0 Å². The molecule has 0 fully saturated rings. The number of hydrogen-bond donors (Lipinski definition) is 2. The average Bonchev–Trinajstić information content (AvgIpc) is 2.44. The van der Waals surface area contributed by atoms with Gasteiger partial charge in [-0.15, -0.1) is 0 Å². The number of aryl methyl sites for hydroxylation is 1. The molecule has 0 amide bonds. The lowest BCUT2D eigenvalue weighted by Gasteiger charge is -2.17. The number of benzene rings is 1. The summed E-state index contributed by atoms with van der Waals surface area (Å²) >= 11 is 0. The predicted octanol–water partition coefficient (Wildman–Crippen LogP) is 3.27. The summed E-state index contributed by atoms with van der Waals surface area (Å²) in [4.78, 5) is 4.59. The molecule has 0 aliphatic heterocycles. The van der Waals surface area contributed by atoms with Gasteiger partial charge in [0.25, 0.3) is 0 Å². The van der Waals surface area contributed by atoms with Crippen LogP contribution in [0.25, 0.3) is 10.9 Å². The molecule has 0 aliphatic rings. The van der Waals surface area contributed by atoms with Crippen LogP contribution in [0, 0.1) is 12.8 Å². The van der Waals surface area contributed by atoms with Crippen molar-refractivity contribution < 1.29 is 0 Å². The van der Waals surface area contributed by atoms with E-state index in [1.54, 1.807) is 0 Å². The van der Waals surface area contributed by atoms with E-state index in [0.29, 0.717) is 12.0 Å². The summed E-state index contributed by atoms with van der Waals surface area (Å²) in [5.41, 5.74) is 3.49. The molecule has 1 unspecified atom stereocenters. The van der Waals surface area contributed by atoms with E-state index in [2.05, 4.69) is 67.6 Å². The van der Waals surface area contributed by atoms with Gasteiger partial charge in [0.05, 0.1) is 5.52 Å². The van der Waals surface area contributed by atoms with Crippen molar-refractivity contribution in [3.8, 4) is 0 Å². The summed E-state index contributed by atoms with van der Waals surface area (Å²) in [6, 6.07) is 11.0. The van der Waals surface area contributed by atoms with Crippen LogP contribution in [0.1, 0.15) is 32.0 Å². The minimum Gasteiger partial charge on any atom is -0.315 e. The standard InChI is InChI=1S/C18H27N3/c1-13(2)10-19-11-15(4)20-12-16-9-14(3)21-18-8-6-5-7-17(16)18/h5-9,13,15,19-20H,10-12H2,1-4H3. The minimum absolute atomic E-state index is 0.455. The van der Waals surface area contributed by atoms with Gasteiger partial charge < -0.3 is 10.6 Å². The van der Waals surface area contributed by atoms with E-state index in [0.717, 1.165) is 30.8 Å². The lowest BCUT2D eigenvalue weighted by atomic mass is 10.1. The summed E-state index contributed by atoms with van der Waals surface area (Å²) < 4.78 is 0. The number of hydrogen-bond acceptors (Lipinski definition) is 3. The van der Waals surface area contributed by atoms with Gasteiger partial charge in [0.15, 0.2) is 0 Å². The molecule has 0 bridgehead atoms. The zero-order valence-corrected chi connectivity index (χ0v) is 13.6. The fourth-order valence-corrected chi connectivity index (χ4v) is 2.49. The molecule has 2 N–H and O–H groups in total. The Labute approximate surface area is 128 Å². The van der Waals surface area contributed by atoms with Crippen LogP contribution >= 0.6 is 0 Å². The first kappa shape index (κ1) is 15.9. The number of rotatable bonds is 7. The molecule has 3 heteroatoms. The largest absolute Gasteiger partial charge is 0.315 e. The van der Waals surface area contributed by atoms with Crippen LogP contribution in [0.5, 0.6) is 0 Å². The third kappa shape index (κ3) is 4.80. The number of aromatic nitrogens is 1. The molecule has 21 heavy (non-hydrogen) atoms. The molecule has 0 saturated carbocycles. The first-order valence-corrected chi connectivity index (χ1v) is 7.85. The summed E-state index contributed by atoms with van der Waals surface area (Å²) in [5.74, 6) is 0.698. The Kier molecular flexibility index (Phi) is 5.71. The van der Waals surface area contributed by atoms with Crippen LogP contribution in [0.2, 0.25) is 0 Å². The molecule has 2 rings (SSSR count).